The molecule has 4 rings (SSSR count). The fraction of sp³-hybridized carbons (Fsp3) is 0.312. The van der Waals surface area contributed by atoms with E-state index in [1.165, 1.54) is 0 Å². The Labute approximate surface area is 127 Å². The molecule has 0 unspecified atom stereocenters. The van der Waals surface area contributed by atoms with Crippen LogP contribution in [0.5, 0.6) is 0 Å². The number of aromatic nitrogens is 3. The van der Waals surface area contributed by atoms with Gasteiger partial charge in [0.15, 0.2) is 5.76 Å². The number of nitrogens with zero attached hydrogens (tertiary/aromatic N) is 4. The van der Waals surface area contributed by atoms with Crippen molar-refractivity contribution in [1.29, 1.82) is 0 Å². The Morgan fingerprint density at radius 1 is 1.36 bits per heavy atom. The lowest BCUT2D eigenvalue weighted by atomic mass is 10.2. The molecule has 1 fully saturated rings. The van der Waals surface area contributed by atoms with Crippen LogP contribution >= 0.6 is 0 Å². The van der Waals surface area contributed by atoms with Crippen LogP contribution in [-0.4, -0.2) is 38.4 Å². The summed E-state index contributed by atoms with van der Waals surface area (Å²) in [7, 11) is 0. The average Bonchev–Trinajstić information content (AvgIpc) is 3.27. The van der Waals surface area contributed by atoms with E-state index in [0.29, 0.717) is 12.3 Å². The molecule has 112 valence electrons. The van der Waals surface area contributed by atoms with Gasteiger partial charge in [-0.3, -0.25) is 9.48 Å². The minimum Gasteiger partial charge on any atom is -0.451 e. The summed E-state index contributed by atoms with van der Waals surface area (Å²) in [6.45, 7) is 1.43. The van der Waals surface area contributed by atoms with Crippen LogP contribution in [0.1, 0.15) is 23.4 Å². The largest absolute Gasteiger partial charge is 0.451 e. The Bertz CT molecular complexity index is 760. The van der Waals surface area contributed by atoms with E-state index in [0.717, 1.165) is 30.4 Å². The maximum atomic E-state index is 12.7. The highest BCUT2D eigenvalue weighted by Crippen LogP contribution is 2.25. The summed E-state index contributed by atoms with van der Waals surface area (Å²) in [6, 6.07) is 9.64. The topological polar surface area (TPSA) is 64.2 Å². The fourth-order valence-electron chi connectivity index (χ4n) is 3.07. The molecule has 1 aliphatic heterocycles. The number of furan rings is 1. The summed E-state index contributed by atoms with van der Waals surface area (Å²) in [4.78, 5) is 14.6. The average molecular weight is 296 g/mol. The Hall–Kier alpha value is -2.63. The van der Waals surface area contributed by atoms with Gasteiger partial charge in [0.2, 0.25) is 0 Å². The van der Waals surface area contributed by atoms with Gasteiger partial charge in [0, 0.05) is 18.1 Å². The van der Waals surface area contributed by atoms with E-state index in [-0.39, 0.29) is 11.9 Å². The molecule has 0 spiro atoms. The second kappa shape index (κ2) is 5.29. The van der Waals surface area contributed by atoms with E-state index in [1.807, 2.05) is 41.4 Å². The number of para-hydroxylation sites is 1. The van der Waals surface area contributed by atoms with Gasteiger partial charge >= 0.3 is 0 Å². The van der Waals surface area contributed by atoms with Gasteiger partial charge in [-0.05, 0) is 25.0 Å². The number of hydrogen-bond donors (Lipinski definition) is 0. The predicted octanol–water partition coefficient (Wildman–Crippen LogP) is 2.33. The molecule has 1 aromatic carbocycles. The third-order valence-electron chi connectivity index (χ3n) is 4.14. The van der Waals surface area contributed by atoms with Gasteiger partial charge in [0.05, 0.1) is 18.8 Å². The fourth-order valence-corrected chi connectivity index (χ4v) is 3.07. The normalized spacial score (nSPS) is 18.2. The van der Waals surface area contributed by atoms with Crippen molar-refractivity contribution in [2.45, 2.75) is 25.4 Å². The van der Waals surface area contributed by atoms with Crippen molar-refractivity contribution in [2.75, 3.05) is 6.54 Å². The molecule has 6 heteroatoms. The standard InChI is InChI=1S/C16H16N4O2/c21-16(15-10-12-4-1-2-6-14(12)22-15)20-8-3-5-13(20)11-19-9-7-17-18-19/h1-2,4,6-7,9-10,13H,3,5,8,11H2/t13-/m0/s1. The van der Waals surface area contributed by atoms with Crippen molar-refractivity contribution in [3.05, 3.63) is 48.5 Å². The van der Waals surface area contributed by atoms with Crippen LogP contribution in [0.4, 0.5) is 0 Å². The number of carbonyl (C=O) groups is 1. The van der Waals surface area contributed by atoms with Crippen molar-refractivity contribution in [3.63, 3.8) is 0 Å². The Morgan fingerprint density at radius 3 is 3.09 bits per heavy atom. The summed E-state index contributed by atoms with van der Waals surface area (Å²) >= 11 is 0. The van der Waals surface area contributed by atoms with Crippen LogP contribution in [0.3, 0.4) is 0 Å². The lowest BCUT2D eigenvalue weighted by molar-refractivity contribution is 0.0691. The van der Waals surface area contributed by atoms with Crippen LogP contribution in [0.15, 0.2) is 47.1 Å². The third kappa shape index (κ3) is 2.26. The summed E-state index contributed by atoms with van der Waals surface area (Å²) in [5.74, 6) is 0.366. The first kappa shape index (κ1) is 13.1. The number of likely N-dealkylation sites (tertiary alicyclic amines) is 1. The van der Waals surface area contributed by atoms with Crippen LogP contribution < -0.4 is 0 Å². The zero-order valence-electron chi connectivity index (χ0n) is 12.1. The first-order chi connectivity index (χ1) is 10.8. The highest BCUT2D eigenvalue weighted by molar-refractivity contribution is 5.96. The summed E-state index contributed by atoms with van der Waals surface area (Å²) in [6.07, 6.45) is 5.46. The van der Waals surface area contributed by atoms with Gasteiger partial charge in [-0.2, -0.15) is 0 Å². The van der Waals surface area contributed by atoms with E-state index in [1.54, 1.807) is 10.9 Å². The number of carbonyl (C=O) groups excluding carboxylic acids is 1. The number of hydrogen-bond acceptors (Lipinski definition) is 4. The maximum absolute atomic E-state index is 12.7. The van der Waals surface area contributed by atoms with Crippen LogP contribution in [0.25, 0.3) is 11.0 Å². The molecule has 3 aromatic rings. The van der Waals surface area contributed by atoms with Gasteiger partial charge in [0.25, 0.3) is 5.91 Å². The minimum absolute atomic E-state index is 0.0428. The summed E-state index contributed by atoms with van der Waals surface area (Å²) in [5, 5.41) is 8.75. The molecule has 0 radical (unpaired) electrons. The molecule has 0 aliphatic carbocycles. The quantitative estimate of drug-likeness (QED) is 0.744. The van der Waals surface area contributed by atoms with Crippen molar-refractivity contribution < 1.29 is 9.21 Å². The number of amides is 1. The lowest BCUT2D eigenvalue weighted by Crippen LogP contribution is -2.38. The molecule has 22 heavy (non-hydrogen) atoms. The van der Waals surface area contributed by atoms with Gasteiger partial charge < -0.3 is 9.32 Å². The third-order valence-corrected chi connectivity index (χ3v) is 4.14. The Balaban J connectivity index is 1.58. The van der Waals surface area contributed by atoms with Gasteiger partial charge in [-0.25, -0.2) is 0 Å². The highest BCUT2D eigenvalue weighted by atomic mass is 16.3. The SMILES string of the molecule is O=C(c1cc2ccccc2o1)N1CCC[C@H]1Cn1ccnn1. The molecule has 1 saturated heterocycles. The number of rotatable bonds is 3. The molecule has 0 N–H and O–H groups in total. The molecule has 3 heterocycles. The molecule has 1 amide bonds. The van der Waals surface area contributed by atoms with Gasteiger partial charge in [0.1, 0.15) is 5.58 Å². The smallest absolute Gasteiger partial charge is 0.289 e. The molecular formula is C16H16N4O2. The highest BCUT2D eigenvalue weighted by Gasteiger charge is 2.31. The molecule has 6 nitrogen and oxygen atoms in total. The second-order valence-electron chi connectivity index (χ2n) is 5.57. The lowest BCUT2D eigenvalue weighted by Gasteiger charge is -2.23. The maximum Gasteiger partial charge on any atom is 0.289 e. The number of fused-ring (bicyclic) bond motifs is 1. The molecule has 0 saturated carbocycles. The first-order valence-electron chi connectivity index (χ1n) is 7.45. The van der Waals surface area contributed by atoms with Crippen molar-refractivity contribution in [2.24, 2.45) is 0 Å². The van der Waals surface area contributed by atoms with Crippen LogP contribution in [0, 0.1) is 0 Å². The van der Waals surface area contributed by atoms with Gasteiger partial charge in [-0.15, -0.1) is 5.10 Å². The first-order valence-corrected chi connectivity index (χ1v) is 7.45. The van der Waals surface area contributed by atoms with E-state index in [4.69, 9.17) is 4.42 Å². The van der Waals surface area contributed by atoms with E-state index >= 15 is 0 Å². The summed E-state index contributed by atoms with van der Waals surface area (Å²) < 4.78 is 7.47. The van der Waals surface area contributed by atoms with Gasteiger partial charge in [-0.1, -0.05) is 23.4 Å². The predicted molar refractivity (Wildman–Crippen MR) is 80.3 cm³/mol. The Kier molecular flexibility index (Phi) is 3.14. The second-order valence-corrected chi connectivity index (χ2v) is 5.57. The molecule has 1 aliphatic rings. The van der Waals surface area contributed by atoms with Crippen LogP contribution in [0.2, 0.25) is 0 Å². The van der Waals surface area contributed by atoms with Crippen molar-refractivity contribution >= 4 is 16.9 Å². The van der Waals surface area contributed by atoms with E-state index in [9.17, 15) is 4.79 Å². The number of benzene rings is 1. The molecule has 2 aromatic heterocycles. The molecule has 1 atom stereocenters. The monoisotopic (exact) mass is 296 g/mol. The van der Waals surface area contributed by atoms with Crippen molar-refractivity contribution in [1.82, 2.24) is 19.9 Å². The van der Waals surface area contributed by atoms with Crippen molar-refractivity contribution in [3.8, 4) is 0 Å². The van der Waals surface area contributed by atoms with E-state index in [2.05, 4.69) is 10.3 Å². The minimum atomic E-state index is -0.0428. The Morgan fingerprint density at radius 2 is 2.27 bits per heavy atom. The molecular weight excluding hydrogens is 280 g/mol. The van der Waals surface area contributed by atoms with Crippen LogP contribution in [-0.2, 0) is 6.54 Å². The summed E-state index contributed by atoms with van der Waals surface area (Å²) in [5.41, 5.74) is 0.748. The van der Waals surface area contributed by atoms with E-state index < -0.39 is 0 Å². The molecule has 0 bridgehead atoms. The zero-order chi connectivity index (χ0) is 14.9. The zero-order valence-corrected chi connectivity index (χ0v) is 12.1.